The first-order valence-electron chi connectivity index (χ1n) is 5.44. The summed E-state index contributed by atoms with van der Waals surface area (Å²) in [6.45, 7) is 1.95. The van der Waals surface area contributed by atoms with Crippen LogP contribution in [0.4, 0.5) is 8.78 Å². The van der Waals surface area contributed by atoms with E-state index in [1.165, 1.54) is 0 Å². The molecule has 0 radical (unpaired) electrons. The Morgan fingerprint density at radius 1 is 1.29 bits per heavy atom. The minimum Gasteiger partial charge on any atom is -0.327 e. The fourth-order valence-corrected chi connectivity index (χ4v) is 2.51. The van der Waals surface area contributed by atoms with Gasteiger partial charge in [0.25, 0.3) is 0 Å². The van der Waals surface area contributed by atoms with Gasteiger partial charge in [-0.05, 0) is 32.2 Å². The van der Waals surface area contributed by atoms with Crippen LogP contribution in [0.25, 0.3) is 0 Å². The summed E-state index contributed by atoms with van der Waals surface area (Å²) in [5.41, 5.74) is 5.85. The lowest BCUT2D eigenvalue weighted by molar-refractivity contribution is -0.0292. The van der Waals surface area contributed by atoms with Gasteiger partial charge >= 0.3 is 0 Å². The lowest BCUT2D eigenvalue weighted by atomic mass is 9.79. The minimum absolute atomic E-state index is 0.259. The van der Waals surface area contributed by atoms with Gasteiger partial charge in [-0.2, -0.15) is 0 Å². The Morgan fingerprint density at radius 2 is 2.00 bits per heavy atom. The minimum atomic E-state index is -2.12. The maximum atomic E-state index is 12.3. The zero-order valence-electron chi connectivity index (χ0n) is 8.33. The second-order valence-electron chi connectivity index (χ2n) is 4.62. The molecule has 0 spiro atoms. The van der Waals surface area contributed by atoms with Crippen LogP contribution in [0.1, 0.15) is 25.7 Å². The summed E-state index contributed by atoms with van der Waals surface area (Å²) in [6, 6.07) is 0.648. The van der Waals surface area contributed by atoms with E-state index in [9.17, 15) is 8.78 Å². The van der Waals surface area contributed by atoms with Crippen molar-refractivity contribution in [2.45, 2.75) is 44.2 Å². The van der Waals surface area contributed by atoms with Gasteiger partial charge in [0.2, 0.25) is 6.43 Å². The van der Waals surface area contributed by atoms with Crippen molar-refractivity contribution in [3.05, 3.63) is 0 Å². The van der Waals surface area contributed by atoms with Crippen LogP contribution in [-0.2, 0) is 0 Å². The van der Waals surface area contributed by atoms with Gasteiger partial charge < -0.3 is 5.73 Å². The van der Waals surface area contributed by atoms with Crippen molar-refractivity contribution in [1.82, 2.24) is 4.90 Å². The van der Waals surface area contributed by atoms with Crippen LogP contribution in [0.2, 0.25) is 0 Å². The first-order chi connectivity index (χ1) is 6.66. The number of nitrogens with zero attached hydrogens (tertiary/aromatic N) is 1. The van der Waals surface area contributed by atoms with Crippen LogP contribution < -0.4 is 5.73 Å². The molecule has 1 heterocycles. The second kappa shape index (κ2) is 4.11. The third-order valence-electron chi connectivity index (χ3n) is 3.51. The zero-order valence-corrected chi connectivity index (χ0v) is 8.33. The van der Waals surface area contributed by atoms with E-state index in [-0.39, 0.29) is 12.0 Å². The molecule has 1 aliphatic carbocycles. The predicted octanol–water partition coefficient (Wildman–Crippen LogP) is 1.45. The smallest absolute Gasteiger partial charge is 0.241 e. The van der Waals surface area contributed by atoms with E-state index in [0.29, 0.717) is 18.9 Å². The number of hydrogen-bond donors (Lipinski definition) is 1. The molecule has 14 heavy (non-hydrogen) atoms. The third-order valence-corrected chi connectivity index (χ3v) is 3.51. The maximum absolute atomic E-state index is 12.3. The monoisotopic (exact) mass is 204 g/mol. The van der Waals surface area contributed by atoms with Crippen LogP contribution in [0.15, 0.2) is 0 Å². The van der Waals surface area contributed by atoms with Gasteiger partial charge in [-0.1, -0.05) is 0 Å². The van der Waals surface area contributed by atoms with E-state index in [2.05, 4.69) is 4.90 Å². The number of hydrogen-bond acceptors (Lipinski definition) is 2. The number of likely N-dealkylation sites (tertiary alicyclic amines) is 1. The molecule has 0 aromatic rings. The third kappa shape index (κ3) is 2.06. The number of alkyl halides is 2. The van der Waals surface area contributed by atoms with Crippen LogP contribution >= 0.6 is 0 Å². The van der Waals surface area contributed by atoms with Crippen molar-refractivity contribution in [2.24, 2.45) is 11.7 Å². The summed E-state index contributed by atoms with van der Waals surface area (Å²) in [4.78, 5) is 2.30. The highest BCUT2D eigenvalue weighted by Gasteiger charge is 2.39. The molecule has 0 bridgehead atoms. The average Bonchev–Trinajstić information content (AvgIpc) is 2.00. The molecule has 2 aliphatic rings. The number of rotatable bonds is 2. The largest absolute Gasteiger partial charge is 0.327 e. The summed E-state index contributed by atoms with van der Waals surface area (Å²) < 4.78 is 24.5. The Kier molecular flexibility index (Phi) is 3.02. The highest BCUT2D eigenvalue weighted by molar-refractivity contribution is 4.91. The average molecular weight is 204 g/mol. The molecule has 1 unspecified atom stereocenters. The van der Waals surface area contributed by atoms with E-state index >= 15 is 0 Å². The van der Waals surface area contributed by atoms with E-state index in [1.54, 1.807) is 0 Å². The van der Waals surface area contributed by atoms with Crippen LogP contribution in [-0.4, -0.2) is 36.5 Å². The Labute approximate surface area is 83.4 Å². The SMILES string of the molecule is NC1CCCN(C2CC(C(F)F)C2)C1. The Morgan fingerprint density at radius 3 is 2.57 bits per heavy atom. The topological polar surface area (TPSA) is 29.3 Å². The molecule has 2 nitrogen and oxygen atoms in total. The first kappa shape index (κ1) is 10.3. The van der Waals surface area contributed by atoms with Crippen molar-refractivity contribution < 1.29 is 8.78 Å². The van der Waals surface area contributed by atoms with E-state index in [4.69, 9.17) is 5.73 Å². The molecule has 0 aromatic heterocycles. The normalized spacial score (nSPS) is 39.9. The molecule has 0 aromatic carbocycles. The Balaban J connectivity index is 1.76. The molecular formula is C10H18F2N2. The van der Waals surface area contributed by atoms with Crippen molar-refractivity contribution in [1.29, 1.82) is 0 Å². The summed E-state index contributed by atoms with van der Waals surface area (Å²) in [7, 11) is 0. The molecular weight excluding hydrogens is 186 g/mol. The standard InChI is InChI=1S/C10H18F2N2/c11-10(12)7-4-9(5-7)14-3-1-2-8(13)6-14/h7-10H,1-6,13H2. The molecule has 1 aliphatic heterocycles. The van der Waals surface area contributed by atoms with E-state index in [1.807, 2.05) is 0 Å². The van der Waals surface area contributed by atoms with Crippen LogP contribution in [0, 0.1) is 5.92 Å². The molecule has 1 saturated carbocycles. The van der Waals surface area contributed by atoms with Gasteiger partial charge in [-0.15, -0.1) is 0 Å². The lowest BCUT2D eigenvalue weighted by Gasteiger charge is -2.45. The maximum Gasteiger partial charge on any atom is 0.241 e. The van der Waals surface area contributed by atoms with E-state index in [0.717, 1.165) is 25.9 Å². The lowest BCUT2D eigenvalue weighted by Crippen LogP contribution is -2.53. The summed E-state index contributed by atoms with van der Waals surface area (Å²) in [6.07, 6.45) is 1.43. The van der Waals surface area contributed by atoms with Gasteiger partial charge in [-0.3, -0.25) is 4.90 Å². The van der Waals surface area contributed by atoms with Gasteiger partial charge in [0.05, 0.1) is 0 Å². The zero-order chi connectivity index (χ0) is 10.1. The molecule has 1 saturated heterocycles. The fourth-order valence-electron chi connectivity index (χ4n) is 2.51. The summed E-state index contributed by atoms with van der Waals surface area (Å²) in [5, 5.41) is 0. The highest BCUT2D eigenvalue weighted by Crippen LogP contribution is 2.36. The van der Waals surface area contributed by atoms with Crippen molar-refractivity contribution >= 4 is 0 Å². The van der Waals surface area contributed by atoms with Crippen LogP contribution in [0.5, 0.6) is 0 Å². The first-order valence-corrected chi connectivity index (χ1v) is 5.44. The Bertz CT molecular complexity index is 193. The molecule has 1 atom stereocenters. The second-order valence-corrected chi connectivity index (χ2v) is 4.62. The molecule has 4 heteroatoms. The fraction of sp³-hybridized carbons (Fsp3) is 1.00. The quantitative estimate of drug-likeness (QED) is 0.737. The Hall–Kier alpha value is -0.220. The van der Waals surface area contributed by atoms with Gasteiger partial charge in [0, 0.05) is 24.5 Å². The van der Waals surface area contributed by atoms with Gasteiger partial charge in [-0.25, -0.2) is 8.78 Å². The van der Waals surface area contributed by atoms with Gasteiger partial charge in [0.15, 0.2) is 0 Å². The molecule has 82 valence electrons. The predicted molar refractivity (Wildman–Crippen MR) is 51.3 cm³/mol. The van der Waals surface area contributed by atoms with Crippen molar-refractivity contribution in [2.75, 3.05) is 13.1 Å². The number of halogens is 2. The van der Waals surface area contributed by atoms with Crippen LogP contribution in [0.3, 0.4) is 0 Å². The molecule has 2 fully saturated rings. The molecule has 0 amide bonds. The molecule has 2 N–H and O–H groups in total. The highest BCUT2D eigenvalue weighted by atomic mass is 19.3. The summed E-state index contributed by atoms with van der Waals surface area (Å²) >= 11 is 0. The van der Waals surface area contributed by atoms with Crippen molar-refractivity contribution in [3.63, 3.8) is 0 Å². The van der Waals surface area contributed by atoms with E-state index < -0.39 is 6.43 Å². The summed E-state index contributed by atoms with van der Waals surface area (Å²) in [5.74, 6) is -0.349. The van der Waals surface area contributed by atoms with Gasteiger partial charge in [0.1, 0.15) is 0 Å². The van der Waals surface area contributed by atoms with Crippen molar-refractivity contribution in [3.8, 4) is 0 Å². The number of nitrogens with two attached hydrogens (primary N) is 1. The number of piperidine rings is 1. The molecule has 2 rings (SSSR count).